The van der Waals surface area contributed by atoms with Crippen molar-refractivity contribution in [1.82, 2.24) is 10.2 Å². The molecule has 2 heterocycles. The van der Waals surface area contributed by atoms with Crippen molar-refractivity contribution in [2.45, 2.75) is 19.3 Å². The fourth-order valence-electron chi connectivity index (χ4n) is 2.35. The third-order valence-electron chi connectivity index (χ3n) is 3.32. The maximum absolute atomic E-state index is 5.38. The monoisotopic (exact) mass is 198 g/mol. The molecular weight excluding hydrogens is 176 g/mol. The third-order valence-corrected chi connectivity index (χ3v) is 3.32. The zero-order valence-corrected chi connectivity index (χ0v) is 9.00. The predicted octanol–water partition coefficient (Wildman–Crippen LogP) is 0.708. The second-order valence-corrected chi connectivity index (χ2v) is 4.46. The number of hydrogen-bond acceptors (Lipinski definition) is 3. The van der Waals surface area contributed by atoms with E-state index < -0.39 is 0 Å². The molecule has 0 spiro atoms. The van der Waals surface area contributed by atoms with Crippen LogP contribution in [0, 0.1) is 5.92 Å². The Bertz CT molecular complexity index is 151. The van der Waals surface area contributed by atoms with Gasteiger partial charge in [-0.3, -0.25) is 0 Å². The van der Waals surface area contributed by atoms with E-state index in [1.165, 1.54) is 52.0 Å². The molecule has 0 bridgehead atoms. The van der Waals surface area contributed by atoms with Crippen molar-refractivity contribution in [3.63, 3.8) is 0 Å². The van der Waals surface area contributed by atoms with Gasteiger partial charge in [0.05, 0.1) is 0 Å². The first-order valence-corrected chi connectivity index (χ1v) is 5.96. The fraction of sp³-hybridized carbons (Fsp3) is 1.00. The first-order chi connectivity index (χ1) is 6.95. The molecule has 3 nitrogen and oxygen atoms in total. The van der Waals surface area contributed by atoms with E-state index in [1.54, 1.807) is 0 Å². The van der Waals surface area contributed by atoms with Crippen molar-refractivity contribution in [2.75, 3.05) is 45.9 Å². The standard InChI is InChI=1S/C11H22N2O/c1(2-11-3-9-14-10-11)6-13-7-4-12-5-8-13/h11-12H,1-10H2. The number of piperazine rings is 1. The molecule has 2 aliphatic heterocycles. The van der Waals surface area contributed by atoms with Gasteiger partial charge in [0.25, 0.3) is 0 Å². The molecule has 0 aromatic carbocycles. The Hall–Kier alpha value is -0.120. The number of ether oxygens (including phenoxy) is 1. The highest BCUT2D eigenvalue weighted by molar-refractivity contribution is 4.69. The van der Waals surface area contributed by atoms with E-state index in [-0.39, 0.29) is 0 Å². The van der Waals surface area contributed by atoms with Crippen LogP contribution in [0.1, 0.15) is 19.3 Å². The van der Waals surface area contributed by atoms with Crippen LogP contribution in [-0.2, 0) is 4.74 Å². The molecule has 3 heteroatoms. The number of nitrogens with zero attached hydrogens (tertiary/aromatic N) is 1. The van der Waals surface area contributed by atoms with Gasteiger partial charge in [0.2, 0.25) is 0 Å². The zero-order chi connectivity index (χ0) is 9.64. The van der Waals surface area contributed by atoms with Crippen LogP contribution >= 0.6 is 0 Å². The average molecular weight is 198 g/mol. The molecule has 82 valence electrons. The van der Waals surface area contributed by atoms with Crippen molar-refractivity contribution >= 4 is 0 Å². The number of nitrogens with one attached hydrogen (secondary N) is 1. The summed E-state index contributed by atoms with van der Waals surface area (Å²) < 4.78 is 5.38. The van der Waals surface area contributed by atoms with E-state index in [9.17, 15) is 0 Å². The van der Waals surface area contributed by atoms with E-state index >= 15 is 0 Å². The summed E-state index contributed by atoms with van der Waals surface area (Å²) in [6, 6.07) is 0. The van der Waals surface area contributed by atoms with Crippen LogP contribution < -0.4 is 5.32 Å². The van der Waals surface area contributed by atoms with E-state index in [4.69, 9.17) is 4.74 Å². The van der Waals surface area contributed by atoms with Gasteiger partial charge in [-0.15, -0.1) is 0 Å². The van der Waals surface area contributed by atoms with Gasteiger partial charge in [0, 0.05) is 39.4 Å². The van der Waals surface area contributed by atoms with Gasteiger partial charge in [-0.05, 0) is 31.7 Å². The SMILES string of the molecule is C(CC1CCOC1)CN1CCNCC1. The molecule has 0 aromatic rings. The number of rotatable bonds is 4. The minimum absolute atomic E-state index is 0.859. The third kappa shape index (κ3) is 3.23. The molecule has 0 aliphatic carbocycles. The van der Waals surface area contributed by atoms with Gasteiger partial charge < -0.3 is 15.0 Å². The van der Waals surface area contributed by atoms with Crippen molar-refractivity contribution in [1.29, 1.82) is 0 Å². The molecule has 0 radical (unpaired) electrons. The van der Waals surface area contributed by atoms with Gasteiger partial charge >= 0.3 is 0 Å². The van der Waals surface area contributed by atoms with Crippen LogP contribution in [0.25, 0.3) is 0 Å². The Morgan fingerprint density at radius 2 is 2.14 bits per heavy atom. The van der Waals surface area contributed by atoms with Gasteiger partial charge in [0.15, 0.2) is 0 Å². The minimum Gasteiger partial charge on any atom is -0.381 e. The molecule has 14 heavy (non-hydrogen) atoms. The average Bonchev–Trinajstić information content (AvgIpc) is 2.72. The van der Waals surface area contributed by atoms with Gasteiger partial charge in [0.1, 0.15) is 0 Å². The molecule has 1 N–H and O–H groups in total. The lowest BCUT2D eigenvalue weighted by Gasteiger charge is -2.27. The summed E-state index contributed by atoms with van der Waals surface area (Å²) >= 11 is 0. The van der Waals surface area contributed by atoms with Gasteiger partial charge in [-0.1, -0.05) is 0 Å². The lowest BCUT2D eigenvalue weighted by Crippen LogP contribution is -2.43. The summed E-state index contributed by atoms with van der Waals surface area (Å²) in [5.41, 5.74) is 0. The second kappa shape index (κ2) is 5.69. The van der Waals surface area contributed by atoms with Crippen molar-refractivity contribution in [3.8, 4) is 0 Å². The molecule has 2 aliphatic rings. The molecule has 2 fully saturated rings. The minimum atomic E-state index is 0.859. The smallest absolute Gasteiger partial charge is 0.0495 e. The van der Waals surface area contributed by atoms with Crippen molar-refractivity contribution < 1.29 is 4.74 Å². The van der Waals surface area contributed by atoms with E-state index in [2.05, 4.69) is 10.2 Å². The maximum Gasteiger partial charge on any atom is 0.0495 e. The van der Waals surface area contributed by atoms with Crippen LogP contribution in [0.15, 0.2) is 0 Å². The summed E-state index contributed by atoms with van der Waals surface area (Å²) in [5, 5.41) is 3.38. The van der Waals surface area contributed by atoms with Crippen LogP contribution in [0.5, 0.6) is 0 Å². The highest BCUT2D eigenvalue weighted by Gasteiger charge is 2.16. The second-order valence-electron chi connectivity index (χ2n) is 4.46. The largest absolute Gasteiger partial charge is 0.381 e. The first kappa shape index (κ1) is 10.4. The highest BCUT2D eigenvalue weighted by Crippen LogP contribution is 2.18. The van der Waals surface area contributed by atoms with Crippen LogP contribution in [0.2, 0.25) is 0 Å². The van der Waals surface area contributed by atoms with E-state index in [1.807, 2.05) is 0 Å². The molecule has 0 aromatic heterocycles. The molecule has 0 saturated carbocycles. The van der Waals surface area contributed by atoms with Crippen LogP contribution in [-0.4, -0.2) is 50.8 Å². The quantitative estimate of drug-likeness (QED) is 0.720. The van der Waals surface area contributed by atoms with Gasteiger partial charge in [-0.25, -0.2) is 0 Å². The number of hydrogen-bond donors (Lipinski definition) is 1. The normalized spacial score (nSPS) is 29.6. The summed E-state index contributed by atoms with van der Waals surface area (Å²) in [7, 11) is 0. The lowest BCUT2D eigenvalue weighted by molar-refractivity contribution is 0.180. The fourth-order valence-corrected chi connectivity index (χ4v) is 2.35. The molecule has 1 atom stereocenters. The predicted molar refractivity (Wildman–Crippen MR) is 57.5 cm³/mol. The lowest BCUT2D eigenvalue weighted by atomic mass is 10.0. The first-order valence-electron chi connectivity index (χ1n) is 5.96. The van der Waals surface area contributed by atoms with Crippen molar-refractivity contribution in [2.24, 2.45) is 5.92 Å². The van der Waals surface area contributed by atoms with E-state index in [0.29, 0.717) is 0 Å². The Balaban J connectivity index is 1.52. The maximum atomic E-state index is 5.38. The van der Waals surface area contributed by atoms with E-state index in [0.717, 1.165) is 19.1 Å². The topological polar surface area (TPSA) is 24.5 Å². The van der Waals surface area contributed by atoms with Crippen LogP contribution in [0.4, 0.5) is 0 Å². The summed E-state index contributed by atoms with van der Waals surface area (Å²) in [5.74, 6) is 0.859. The Morgan fingerprint density at radius 3 is 2.86 bits per heavy atom. The highest BCUT2D eigenvalue weighted by atomic mass is 16.5. The molecule has 0 amide bonds. The summed E-state index contributed by atoms with van der Waals surface area (Å²) in [6.45, 7) is 8.12. The summed E-state index contributed by atoms with van der Waals surface area (Å²) in [4.78, 5) is 2.58. The Kier molecular flexibility index (Phi) is 4.22. The molecule has 1 unspecified atom stereocenters. The molecule has 2 saturated heterocycles. The summed E-state index contributed by atoms with van der Waals surface area (Å²) in [6.07, 6.45) is 4.01. The Morgan fingerprint density at radius 1 is 1.29 bits per heavy atom. The Labute approximate surface area is 86.8 Å². The molecular formula is C11H22N2O. The van der Waals surface area contributed by atoms with Crippen LogP contribution in [0.3, 0.4) is 0 Å². The molecule has 2 rings (SSSR count). The van der Waals surface area contributed by atoms with Crippen molar-refractivity contribution in [3.05, 3.63) is 0 Å². The van der Waals surface area contributed by atoms with Gasteiger partial charge in [-0.2, -0.15) is 0 Å². The zero-order valence-electron chi connectivity index (χ0n) is 9.00.